The largest absolute Gasteiger partial charge is 0.481 e. The summed E-state index contributed by atoms with van der Waals surface area (Å²) in [6, 6.07) is -1.69. The molecule has 0 radical (unpaired) electrons. The summed E-state index contributed by atoms with van der Waals surface area (Å²) in [6.45, 7) is 9.82. The van der Waals surface area contributed by atoms with Crippen LogP contribution in [0.15, 0.2) is 30.5 Å². The van der Waals surface area contributed by atoms with Gasteiger partial charge in [-0.05, 0) is 50.2 Å². The molecule has 0 aliphatic carbocycles. The number of amides is 8. The molecule has 0 saturated carbocycles. The van der Waals surface area contributed by atoms with Gasteiger partial charge in [0, 0.05) is 36.9 Å². The van der Waals surface area contributed by atoms with Crippen molar-refractivity contribution in [2.45, 2.75) is 116 Å². The SMILES string of the molecule is CC(=O)N[C@H](C(=O)N[C@@H](C)C(=O)N[C@@H](CO)C(=O)N[C@@H](CCC(=O)O)C(=O)N[C@@H](CC(C)C)C(=O)N[C@@H](C)C(=O)N[C@@H](Cc1c[nH]c2ccccc12)C(N)=O)C(C)C. The van der Waals surface area contributed by atoms with E-state index < -0.39 is 115 Å². The Balaban J connectivity index is 2.14. The van der Waals surface area contributed by atoms with E-state index in [-0.39, 0.29) is 24.7 Å². The van der Waals surface area contributed by atoms with Crippen LogP contribution >= 0.6 is 0 Å². The van der Waals surface area contributed by atoms with E-state index in [1.807, 2.05) is 24.3 Å². The number of hydrogen-bond donors (Lipinski definition) is 11. The zero-order chi connectivity index (χ0) is 43.9. The number of nitrogens with two attached hydrogens (primary N) is 1. The first-order chi connectivity index (χ1) is 27.1. The number of aliphatic carboxylic acids is 1. The van der Waals surface area contributed by atoms with Crippen molar-refractivity contribution in [3.63, 3.8) is 0 Å². The molecule has 0 fully saturated rings. The Morgan fingerprint density at radius 3 is 1.72 bits per heavy atom. The molecule has 12 N–H and O–H groups in total. The van der Waals surface area contributed by atoms with Crippen LogP contribution in [0.25, 0.3) is 10.9 Å². The maximum absolute atomic E-state index is 13.6. The monoisotopic (exact) mass is 815 g/mol. The number of hydrogen-bond acceptors (Lipinski definition) is 10. The van der Waals surface area contributed by atoms with Gasteiger partial charge in [-0.3, -0.25) is 43.2 Å². The van der Waals surface area contributed by atoms with E-state index in [0.717, 1.165) is 16.5 Å². The lowest BCUT2D eigenvalue weighted by atomic mass is 10.0. The summed E-state index contributed by atoms with van der Waals surface area (Å²) >= 11 is 0. The van der Waals surface area contributed by atoms with E-state index in [9.17, 15) is 53.4 Å². The van der Waals surface area contributed by atoms with Crippen molar-refractivity contribution in [2.24, 2.45) is 17.6 Å². The lowest BCUT2D eigenvalue weighted by molar-refractivity contribution is -0.139. The van der Waals surface area contributed by atoms with E-state index >= 15 is 0 Å². The van der Waals surface area contributed by atoms with E-state index in [0.29, 0.717) is 0 Å². The number of benzene rings is 1. The summed E-state index contributed by atoms with van der Waals surface area (Å²) in [4.78, 5) is 118. The summed E-state index contributed by atoms with van der Waals surface area (Å²) in [5.74, 6) is -8.25. The van der Waals surface area contributed by atoms with Gasteiger partial charge in [-0.2, -0.15) is 0 Å². The minimum atomic E-state index is -1.66. The summed E-state index contributed by atoms with van der Waals surface area (Å²) < 4.78 is 0. The molecule has 0 saturated heterocycles. The van der Waals surface area contributed by atoms with Crippen molar-refractivity contribution in [3.8, 4) is 0 Å². The van der Waals surface area contributed by atoms with Gasteiger partial charge < -0.3 is 58.1 Å². The van der Waals surface area contributed by atoms with Crippen LogP contribution in [0.2, 0.25) is 0 Å². The molecular weight excluding hydrogens is 758 g/mol. The first kappa shape index (κ1) is 48.1. The second-order valence-electron chi connectivity index (χ2n) is 14.8. The lowest BCUT2D eigenvalue weighted by Crippen LogP contribution is -2.60. The summed E-state index contributed by atoms with van der Waals surface area (Å²) in [7, 11) is 0. The summed E-state index contributed by atoms with van der Waals surface area (Å²) in [6.07, 6.45) is 0.767. The van der Waals surface area contributed by atoms with Crippen LogP contribution in [-0.2, 0) is 49.6 Å². The van der Waals surface area contributed by atoms with Gasteiger partial charge in [0.2, 0.25) is 47.3 Å². The second kappa shape index (κ2) is 22.6. The highest BCUT2D eigenvalue weighted by molar-refractivity contribution is 5.97. The molecule has 20 nitrogen and oxygen atoms in total. The highest BCUT2D eigenvalue weighted by Crippen LogP contribution is 2.19. The minimum absolute atomic E-state index is 0.0501. The molecule has 0 spiro atoms. The normalized spacial score (nSPS) is 14.8. The van der Waals surface area contributed by atoms with Crippen molar-refractivity contribution in [3.05, 3.63) is 36.0 Å². The number of rotatable bonds is 23. The number of H-pyrrole nitrogens is 1. The summed E-state index contributed by atoms with van der Waals surface area (Å²) in [5, 5.41) is 37.2. The number of carboxylic acid groups (broad SMARTS) is 1. The number of aliphatic hydroxyl groups excluding tert-OH is 1. The first-order valence-electron chi connectivity index (χ1n) is 18.9. The number of aromatic nitrogens is 1. The average molecular weight is 816 g/mol. The van der Waals surface area contributed by atoms with Gasteiger partial charge in [-0.15, -0.1) is 0 Å². The first-order valence-corrected chi connectivity index (χ1v) is 18.9. The molecule has 2 rings (SSSR count). The molecule has 1 aromatic heterocycles. The fraction of sp³-hybridized carbons (Fsp3) is 0.553. The Hall–Kier alpha value is -6.05. The highest BCUT2D eigenvalue weighted by Gasteiger charge is 2.33. The van der Waals surface area contributed by atoms with Crippen molar-refractivity contribution in [2.75, 3.05) is 6.61 Å². The molecule has 0 aliphatic heterocycles. The highest BCUT2D eigenvalue weighted by atomic mass is 16.4. The molecule has 20 heteroatoms. The van der Waals surface area contributed by atoms with Gasteiger partial charge in [0.15, 0.2) is 0 Å². The third-order valence-electron chi connectivity index (χ3n) is 9.01. The van der Waals surface area contributed by atoms with E-state index in [4.69, 9.17) is 5.73 Å². The Labute approximate surface area is 336 Å². The van der Waals surface area contributed by atoms with Gasteiger partial charge in [0.1, 0.15) is 42.3 Å². The molecule has 7 atom stereocenters. The Morgan fingerprint density at radius 2 is 1.19 bits per heavy atom. The van der Waals surface area contributed by atoms with Crippen LogP contribution in [0.4, 0.5) is 0 Å². The molecule has 2 aromatic rings. The van der Waals surface area contributed by atoms with Crippen LogP contribution in [0.5, 0.6) is 0 Å². The number of fused-ring (bicyclic) bond motifs is 1. The minimum Gasteiger partial charge on any atom is -0.481 e. The molecule has 1 heterocycles. The second-order valence-corrected chi connectivity index (χ2v) is 14.8. The van der Waals surface area contributed by atoms with Crippen LogP contribution in [0.3, 0.4) is 0 Å². The van der Waals surface area contributed by atoms with Crippen molar-refractivity contribution in [1.29, 1.82) is 0 Å². The molecule has 0 bridgehead atoms. The van der Waals surface area contributed by atoms with Gasteiger partial charge in [-0.25, -0.2) is 0 Å². The van der Waals surface area contributed by atoms with Crippen LogP contribution in [0, 0.1) is 11.8 Å². The van der Waals surface area contributed by atoms with Crippen LogP contribution in [-0.4, -0.2) is 117 Å². The molecule has 1 aromatic carbocycles. The fourth-order valence-electron chi connectivity index (χ4n) is 5.82. The summed E-state index contributed by atoms with van der Waals surface area (Å²) in [5.41, 5.74) is 7.15. The Kier molecular flexibility index (Phi) is 18.8. The van der Waals surface area contributed by atoms with Gasteiger partial charge in [-0.1, -0.05) is 45.9 Å². The molecule has 0 aliphatic rings. The number of carbonyl (C=O) groups is 9. The number of para-hydroxylation sites is 1. The topological polar surface area (TPSA) is 320 Å². The molecular formula is C38H57N9O11. The number of nitrogens with one attached hydrogen (secondary N) is 8. The standard InChI is InChI=1S/C38H57N9O11/c1-18(2)14-28(36(56)41-20(5)33(53)45-27(32(39)52)15-23-16-40-25-11-9-8-10-24(23)25)46-35(55)26(12-13-30(50)51)44-37(57)29(17-48)47-34(54)21(6)42-38(58)31(19(3)4)43-22(7)49/h8-11,16,18-21,26-29,31,40,48H,12-15,17H2,1-7H3,(H2,39,52)(H,41,56)(H,42,58)(H,43,49)(H,44,57)(H,45,53)(H,46,55)(H,47,54)(H,50,51)/t20-,21-,26-,27-,28-,29-,31-/m0/s1. The smallest absolute Gasteiger partial charge is 0.303 e. The van der Waals surface area contributed by atoms with Crippen molar-refractivity contribution >= 4 is 64.1 Å². The average Bonchev–Trinajstić information content (AvgIpc) is 3.55. The predicted octanol–water partition coefficient (Wildman–Crippen LogP) is -1.79. The number of aromatic amines is 1. The zero-order valence-corrected chi connectivity index (χ0v) is 33.8. The molecule has 0 unspecified atom stereocenters. The maximum atomic E-state index is 13.6. The van der Waals surface area contributed by atoms with Crippen LogP contribution in [0.1, 0.15) is 73.3 Å². The van der Waals surface area contributed by atoms with Gasteiger partial charge in [0.05, 0.1) is 6.61 Å². The Bertz CT molecular complexity index is 1810. The van der Waals surface area contributed by atoms with E-state index in [1.54, 1.807) is 33.9 Å². The van der Waals surface area contributed by atoms with Crippen molar-refractivity contribution < 1.29 is 53.4 Å². The van der Waals surface area contributed by atoms with Crippen molar-refractivity contribution in [1.82, 2.24) is 42.2 Å². The van der Waals surface area contributed by atoms with Crippen LogP contribution < -0.4 is 43.0 Å². The number of primary amides is 1. The quantitative estimate of drug-likeness (QED) is 0.0595. The van der Waals surface area contributed by atoms with E-state index in [1.165, 1.54) is 20.8 Å². The van der Waals surface area contributed by atoms with Gasteiger partial charge in [0.25, 0.3) is 0 Å². The van der Waals surface area contributed by atoms with E-state index in [2.05, 4.69) is 42.2 Å². The molecule has 8 amide bonds. The molecule has 58 heavy (non-hydrogen) atoms. The number of carboxylic acids is 1. The fourth-order valence-corrected chi connectivity index (χ4v) is 5.82. The third-order valence-corrected chi connectivity index (χ3v) is 9.01. The predicted molar refractivity (Wildman–Crippen MR) is 210 cm³/mol. The van der Waals surface area contributed by atoms with Gasteiger partial charge >= 0.3 is 5.97 Å². The third kappa shape index (κ3) is 15.1. The Morgan fingerprint density at radius 1 is 0.672 bits per heavy atom. The lowest BCUT2D eigenvalue weighted by Gasteiger charge is -2.27. The number of carbonyl (C=O) groups excluding carboxylic acids is 8. The molecule has 320 valence electrons. The maximum Gasteiger partial charge on any atom is 0.303 e. The zero-order valence-electron chi connectivity index (χ0n) is 33.8. The number of aliphatic hydroxyl groups is 1.